The van der Waals surface area contributed by atoms with Crippen LogP contribution < -0.4 is 5.32 Å². The van der Waals surface area contributed by atoms with Gasteiger partial charge in [-0.15, -0.1) is 0 Å². The van der Waals surface area contributed by atoms with E-state index in [1.54, 1.807) is 6.07 Å². The summed E-state index contributed by atoms with van der Waals surface area (Å²) < 4.78 is 5.16. The van der Waals surface area contributed by atoms with Crippen molar-refractivity contribution in [3.05, 3.63) is 17.9 Å². The van der Waals surface area contributed by atoms with Crippen LogP contribution in [0.15, 0.2) is 16.5 Å². The van der Waals surface area contributed by atoms with Crippen LogP contribution in [-0.4, -0.2) is 17.6 Å². The first-order valence-electron chi connectivity index (χ1n) is 6.24. The molecular weight excluding hydrogens is 218 g/mol. The lowest BCUT2D eigenvalue weighted by Crippen LogP contribution is -2.24. The minimum Gasteiger partial charge on any atom is -0.475 e. The molecule has 17 heavy (non-hydrogen) atoms. The molecule has 1 aromatic rings. The summed E-state index contributed by atoms with van der Waals surface area (Å²) in [7, 11) is 0. The van der Waals surface area contributed by atoms with Gasteiger partial charge in [-0.2, -0.15) is 0 Å². The molecule has 1 saturated carbocycles. The molecule has 0 spiro atoms. The van der Waals surface area contributed by atoms with Crippen LogP contribution in [-0.2, 0) is 0 Å². The molecule has 0 radical (unpaired) electrons. The Morgan fingerprint density at radius 1 is 1.47 bits per heavy atom. The van der Waals surface area contributed by atoms with Gasteiger partial charge >= 0.3 is 5.97 Å². The Labute approximate surface area is 101 Å². The van der Waals surface area contributed by atoms with Crippen molar-refractivity contribution in [2.45, 2.75) is 32.6 Å². The molecule has 0 saturated heterocycles. The third-order valence-electron chi connectivity index (χ3n) is 3.64. The van der Waals surface area contributed by atoms with Crippen LogP contribution in [0.5, 0.6) is 0 Å². The minimum atomic E-state index is -1.02. The Morgan fingerprint density at radius 2 is 2.24 bits per heavy atom. The number of carbonyl (C=O) groups is 1. The number of hydrogen-bond donors (Lipinski definition) is 2. The second-order valence-corrected chi connectivity index (χ2v) is 4.87. The highest BCUT2D eigenvalue weighted by Gasteiger charge is 2.21. The minimum absolute atomic E-state index is 0.0100. The van der Waals surface area contributed by atoms with Crippen LogP contribution in [0.1, 0.15) is 43.2 Å². The zero-order chi connectivity index (χ0) is 12.3. The topological polar surface area (TPSA) is 62.5 Å². The van der Waals surface area contributed by atoms with E-state index in [1.165, 1.54) is 31.7 Å². The van der Waals surface area contributed by atoms with Gasteiger partial charge < -0.3 is 14.8 Å². The number of aromatic carboxylic acids is 1. The van der Waals surface area contributed by atoms with Crippen molar-refractivity contribution < 1.29 is 14.3 Å². The first kappa shape index (κ1) is 12.0. The predicted molar refractivity (Wildman–Crippen MR) is 65.3 cm³/mol. The van der Waals surface area contributed by atoms with E-state index in [4.69, 9.17) is 9.52 Å². The molecule has 0 aromatic carbocycles. The zero-order valence-corrected chi connectivity index (χ0v) is 10.1. The van der Waals surface area contributed by atoms with E-state index in [1.807, 2.05) is 0 Å². The van der Waals surface area contributed by atoms with E-state index in [-0.39, 0.29) is 5.76 Å². The summed E-state index contributed by atoms with van der Waals surface area (Å²) in [6.45, 7) is 3.16. The second-order valence-electron chi connectivity index (χ2n) is 4.87. The number of carboxylic acids is 1. The van der Waals surface area contributed by atoms with Gasteiger partial charge in [-0.05, 0) is 24.3 Å². The van der Waals surface area contributed by atoms with Crippen LogP contribution in [0.4, 0.5) is 5.88 Å². The molecule has 2 atom stereocenters. The molecule has 1 heterocycles. The molecule has 0 bridgehead atoms. The Bertz CT molecular complexity index is 386. The summed E-state index contributed by atoms with van der Waals surface area (Å²) in [5.41, 5.74) is 0. The first-order valence-corrected chi connectivity index (χ1v) is 6.24. The average molecular weight is 237 g/mol. The fourth-order valence-corrected chi connectivity index (χ4v) is 2.48. The zero-order valence-electron chi connectivity index (χ0n) is 10.1. The van der Waals surface area contributed by atoms with E-state index in [0.717, 1.165) is 12.5 Å². The Kier molecular flexibility index (Phi) is 3.71. The number of hydrogen-bond acceptors (Lipinski definition) is 3. The van der Waals surface area contributed by atoms with E-state index < -0.39 is 5.97 Å². The van der Waals surface area contributed by atoms with Crippen molar-refractivity contribution >= 4 is 11.9 Å². The summed E-state index contributed by atoms with van der Waals surface area (Å²) in [4.78, 5) is 10.7. The summed E-state index contributed by atoms with van der Waals surface area (Å²) in [6, 6.07) is 3.16. The molecule has 4 heteroatoms. The maximum absolute atomic E-state index is 10.7. The molecule has 1 fully saturated rings. The molecule has 0 amide bonds. The van der Waals surface area contributed by atoms with Gasteiger partial charge in [0.05, 0.1) is 0 Å². The summed E-state index contributed by atoms with van der Waals surface area (Å²) in [5.74, 6) is 0.931. The van der Waals surface area contributed by atoms with Gasteiger partial charge in [0.15, 0.2) is 5.88 Å². The van der Waals surface area contributed by atoms with Crippen LogP contribution >= 0.6 is 0 Å². The van der Waals surface area contributed by atoms with Gasteiger partial charge in [-0.1, -0.05) is 26.2 Å². The number of carboxylic acid groups (broad SMARTS) is 1. The Morgan fingerprint density at radius 3 is 2.88 bits per heavy atom. The number of rotatable bonds is 4. The molecule has 2 rings (SSSR count). The fourth-order valence-electron chi connectivity index (χ4n) is 2.48. The normalized spacial score (nSPS) is 24.5. The van der Waals surface area contributed by atoms with Gasteiger partial charge in [0, 0.05) is 12.6 Å². The summed E-state index contributed by atoms with van der Waals surface area (Å²) in [5, 5.41) is 11.9. The monoisotopic (exact) mass is 237 g/mol. The third kappa shape index (κ3) is 3.02. The van der Waals surface area contributed by atoms with Crippen molar-refractivity contribution in [1.29, 1.82) is 0 Å². The quantitative estimate of drug-likeness (QED) is 0.844. The molecule has 0 aliphatic heterocycles. The van der Waals surface area contributed by atoms with Crippen molar-refractivity contribution in [3.63, 3.8) is 0 Å². The Balaban J connectivity index is 1.86. The highest BCUT2D eigenvalue weighted by atomic mass is 16.4. The van der Waals surface area contributed by atoms with Crippen molar-refractivity contribution in [2.24, 2.45) is 11.8 Å². The van der Waals surface area contributed by atoms with E-state index >= 15 is 0 Å². The molecule has 1 aromatic heterocycles. The van der Waals surface area contributed by atoms with Crippen molar-refractivity contribution in [1.82, 2.24) is 0 Å². The van der Waals surface area contributed by atoms with Crippen LogP contribution in [0.2, 0.25) is 0 Å². The molecule has 94 valence electrons. The molecular formula is C13H19NO3. The first-order chi connectivity index (χ1) is 8.16. The lowest BCUT2D eigenvalue weighted by Gasteiger charge is -2.28. The molecule has 1 aliphatic carbocycles. The van der Waals surface area contributed by atoms with Crippen LogP contribution in [0, 0.1) is 11.8 Å². The standard InChI is InChI=1S/C13H19NO3/c1-9-4-2-3-5-10(9)8-14-12-7-6-11(17-12)13(15)16/h6-7,9-10,14H,2-5,8H2,1H3,(H,15,16). The van der Waals surface area contributed by atoms with E-state index in [0.29, 0.717) is 11.8 Å². The largest absolute Gasteiger partial charge is 0.475 e. The van der Waals surface area contributed by atoms with Gasteiger partial charge in [0.25, 0.3) is 0 Å². The van der Waals surface area contributed by atoms with Crippen LogP contribution in [0.25, 0.3) is 0 Å². The molecule has 4 nitrogen and oxygen atoms in total. The van der Waals surface area contributed by atoms with Crippen molar-refractivity contribution in [3.8, 4) is 0 Å². The lowest BCUT2D eigenvalue weighted by atomic mass is 9.80. The fraction of sp³-hybridized carbons (Fsp3) is 0.615. The van der Waals surface area contributed by atoms with E-state index in [2.05, 4.69) is 12.2 Å². The highest BCUT2D eigenvalue weighted by Crippen LogP contribution is 2.29. The van der Waals surface area contributed by atoms with Crippen LogP contribution in [0.3, 0.4) is 0 Å². The number of anilines is 1. The second kappa shape index (κ2) is 5.25. The van der Waals surface area contributed by atoms with Gasteiger partial charge in [0.2, 0.25) is 5.76 Å². The number of furan rings is 1. The smallest absolute Gasteiger partial charge is 0.371 e. The SMILES string of the molecule is CC1CCCCC1CNc1ccc(C(=O)O)o1. The molecule has 2 unspecified atom stereocenters. The summed E-state index contributed by atoms with van der Waals surface area (Å²) in [6.07, 6.45) is 5.18. The van der Waals surface area contributed by atoms with Gasteiger partial charge in [0.1, 0.15) is 0 Å². The Hall–Kier alpha value is -1.45. The van der Waals surface area contributed by atoms with Gasteiger partial charge in [-0.3, -0.25) is 0 Å². The van der Waals surface area contributed by atoms with Gasteiger partial charge in [-0.25, -0.2) is 4.79 Å². The summed E-state index contributed by atoms with van der Waals surface area (Å²) >= 11 is 0. The third-order valence-corrected chi connectivity index (χ3v) is 3.64. The molecule has 2 N–H and O–H groups in total. The maximum atomic E-state index is 10.7. The average Bonchev–Trinajstić information content (AvgIpc) is 2.77. The van der Waals surface area contributed by atoms with E-state index in [9.17, 15) is 4.79 Å². The number of nitrogens with one attached hydrogen (secondary N) is 1. The lowest BCUT2D eigenvalue weighted by molar-refractivity contribution is 0.0663. The highest BCUT2D eigenvalue weighted by molar-refractivity contribution is 5.84. The maximum Gasteiger partial charge on any atom is 0.371 e. The molecule has 1 aliphatic rings. The van der Waals surface area contributed by atoms with Crippen molar-refractivity contribution in [2.75, 3.05) is 11.9 Å². The predicted octanol–water partition coefficient (Wildman–Crippen LogP) is 3.22.